The predicted octanol–water partition coefficient (Wildman–Crippen LogP) is 6.07. The van der Waals surface area contributed by atoms with Gasteiger partial charge in [0, 0.05) is 35.8 Å². The molecule has 2 heterocycles. The number of nitrogens with one attached hydrogen (secondary N) is 1. The number of nitro benzene ring substituents is 1. The van der Waals surface area contributed by atoms with Crippen molar-refractivity contribution in [3.05, 3.63) is 101 Å². The van der Waals surface area contributed by atoms with Crippen molar-refractivity contribution in [2.24, 2.45) is 0 Å². The molecule has 4 aromatic rings. The third kappa shape index (κ3) is 6.21. The molecule has 0 aliphatic heterocycles. The van der Waals surface area contributed by atoms with E-state index >= 15 is 0 Å². The zero-order chi connectivity index (χ0) is 23.5. The first-order valence-corrected chi connectivity index (χ1v) is 10.2. The Balaban J connectivity index is 0.000000340. The van der Waals surface area contributed by atoms with Crippen LogP contribution in [-0.4, -0.2) is 20.4 Å². The SMILES string of the molecule is CC.CCn1c(C(=O)Nc2cccnc2)cc2cc([N+](=O)[O-])ccc21.Fc1ccccc1. The number of benzene rings is 2. The minimum absolute atomic E-state index is 0.00460. The average Bonchev–Trinajstić information content (AvgIpc) is 3.20. The molecule has 0 saturated heterocycles. The lowest BCUT2D eigenvalue weighted by atomic mass is 10.2. The molecule has 0 unspecified atom stereocenters. The van der Waals surface area contributed by atoms with E-state index in [-0.39, 0.29) is 17.4 Å². The number of nitrogens with zero attached hydrogens (tertiary/aromatic N) is 3. The summed E-state index contributed by atoms with van der Waals surface area (Å²) in [6, 6.07) is 17.7. The third-order valence-corrected chi connectivity index (χ3v) is 4.30. The van der Waals surface area contributed by atoms with Crippen LogP contribution in [0.3, 0.4) is 0 Å². The number of hydrogen-bond donors (Lipinski definition) is 1. The van der Waals surface area contributed by atoms with Gasteiger partial charge < -0.3 is 9.88 Å². The molecule has 0 atom stereocenters. The number of halogens is 1. The number of carbonyl (C=O) groups excluding carboxylic acids is 1. The number of carbonyl (C=O) groups is 1. The van der Waals surface area contributed by atoms with Gasteiger partial charge in [-0.25, -0.2) is 4.39 Å². The van der Waals surface area contributed by atoms with Gasteiger partial charge in [-0.1, -0.05) is 32.0 Å². The Kier molecular flexibility index (Phi) is 9.04. The van der Waals surface area contributed by atoms with Crippen LogP contribution in [0.15, 0.2) is 79.1 Å². The van der Waals surface area contributed by atoms with Gasteiger partial charge in [0.2, 0.25) is 0 Å². The van der Waals surface area contributed by atoms with Crippen LogP contribution in [0.4, 0.5) is 15.8 Å². The molecular weight excluding hydrogens is 411 g/mol. The number of non-ortho nitro benzene ring substituents is 1. The number of rotatable bonds is 4. The highest BCUT2D eigenvalue weighted by molar-refractivity contribution is 6.06. The number of amides is 1. The van der Waals surface area contributed by atoms with Crippen LogP contribution in [0.2, 0.25) is 0 Å². The van der Waals surface area contributed by atoms with Crippen LogP contribution in [0.5, 0.6) is 0 Å². The van der Waals surface area contributed by atoms with Gasteiger partial charge in [0.1, 0.15) is 11.5 Å². The van der Waals surface area contributed by atoms with Gasteiger partial charge in [-0.15, -0.1) is 0 Å². The second-order valence-corrected chi connectivity index (χ2v) is 6.27. The van der Waals surface area contributed by atoms with E-state index in [1.807, 2.05) is 25.3 Å². The van der Waals surface area contributed by atoms with Crippen molar-refractivity contribution in [2.75, 3.05) is 5.32 Å². The van der Waals surface area contributed by atoms with E-state index in [1.165, 1.54) is 24.3 Å². The van der Waals surface area contributed by atoms with E-state index in [2.05, 4.69) is 10.3 Å². The first-order chi connectivity index (χ1) is 15.5. The molecule has 1 N–H and O–H groups in total. The van der Waals surface area contributed by atoms with Crippen molar-refractivity contribution in [1.82, 2.24) is 9.55 Å². The van der Waals surface area contributed by atoms with Crippen molar-refractivity contribution in [1.29, 1.82) is 0 Å². The van der Waals surface area contributed by atoms with Gasteiger partial charge in [-0.05, 0) is 43.3 Å². The molecular formula is C24H25FN4O3. The summed E-state index contributed by atoms with van der Waals surface area (Å²) in [5, 5.41) is 14.3. The van der Waals surface area contributed by atoms with Gasteiger partial charge in [0.05, 0.1) is 16.8 Å². The highest BCUT2D eigenvalue weighted by Crippen LogP contribution is 2.25. The van der Waals surface area contributed by atoms with Crippen LogP contribution < -0.4 is 5.32 Å². The standard InChI is InChI=1S/C16H14N4O3.C6H5F.C2H6/c1-2-19-14-6-5-13(20(22)23)8-11(14)9-15(19)16(21)18-12-4-3-7-17-10-12;7-6-4-2-1-3-5-6;1-2/h3-10H,2H2,1H3,(H,18,21);1-5H;1-2H3. The molecule has 0 bridgehead atoms. The fraction of sp³-hybridized carbons (Fsp3) is 0.167. The number of fused-ring (bicyclic) bond motifs is 1. The molecule has 166 valence electrons. The van der Waals surface area contributed by atoms with Gasteiger partial charge in [0.25, 0.3) is 11.6 Å². The van der Waals surface area contributed by atoms with Gasteiger partial charge in [0.15, 0.2) is 0 Å². The molecule has 0 aliphatic carbocycles. The number of hydrogen-bond acceptors (Lipinski definition) is 4. The number of anilines is 1. The van der Waals surface area contributed by atoms with Crippen molar-refractivity contribution < 1.29 is 14.1 Å². The van der Waals surface area contributed by atoms with Gasteiger partial charge >= 0.3 is 0 Å². The first-order valence-electron chi connectivity index (χ1n) is 10.2. The minimum Gasteiger partial charge on any atom is -0.337 e. The summed E-state index contributed by atoms with van der Waals surface area (Å²) < 4.78 is 13.7. The molecule has 2 aromatic carbocycles. The summed E-state index contributed by atoms with van der Waals surface area (Å²) >= 11 is 0. The first kappa shape index (κ1) is 24.2. The Morgan fingerprint density at radius 2 is 1.81 bits per heavy atom. The van der Waals surface area contributed by atoms with E-state index < -0.39 is 4.92 Å². The van der Waals surface area contributed by atoms with Crippen LogP contribution in [0.25, 0.3) is 10.9 Å². The molecule has 7 nitrogen and oxygen atoms in total. The second kappa shape index (κ2) is 11.9. The van der Waals surface area contributed by atoms with E-state index in [0.29, 0.717) is 23.3 Å². The van der Waals surface area contributed by atoms with Crippen LogP contribution >= 0.6 is 0 Å². The largest absolute Gasteiger partial charge is 0.337 e. The lowest BCUT2D eigenvalue weighted by molar-refractivity contribution is -0.384. The monoisotopic (exact) mass is 436 g/mol. The van der Waals surface area contributed by atoms with Crippen LogP contribution in [0, 0.1) is 15.9 Å². The number of pyridine rings is 1. The Hall–Kier alpha value is -4.07. The van der Waals surface area contributed by atoms with E-state index in [4.69, 9.17) is 0 Å². The molecule has 4 rings (SSSR count). The third-order valence-electron chi connectivity index (χ3n) is 4.30. The molecule has 2 aromatic heterocycles. The quantitative estimate of drug-likeness (QED) is 0.311. The molecule has 32 heavy (non-hydrogen) atoms. The Morgan fingerprint density at radius 3 is 2.34 bits per heavy atom. The zero-order valence-corrected chi connectivity index (χ0v) is 18.2. The van der Waals surface area contributed by atoms with Crippen LogP contribution in [-0.2, 0) is 6.54 Å². The maximum absolute atomic E-state index is 12.5. The van der Waals surface area contributed by atoms with Crippen molar-refractivity contribution in [3.63, 3.8) is 0 Å². The molecule has 8 heteroatoms. The normalized spacial score (nSPS) is 9.75. The Bertz CT molecular complexity index is 1160. The second-order valence-electron chi connectivity index (χ2n) is 6.27. The molecule has 0 saturated carbocycles. The number of aryl methyl sites for hydroxylation is 1. The lowest BCUT2D eigenvalue weighted by Crippen LogP contribution is -2.16. The highest BCUT2D eigenvalue weighted by Gasteiger charge is 2.17. The molecule has 1 amide bonds. The maximum atomic E-state index is 12.5. The van der Waals surface area contributed by atoms with Crippen LogP contribution in [0.1, 0.15) is 31.3 Å². The van der Waals surface area contributed by atoms with Gasteiger partial charge in [-0.3, -0.25) is 19.9 Å². The summed E-state index contributed by atoms with van der Waals surface area (Å²) in [6.07, 6.45) is 3.18. The molecule has 0 radical (unpaired) electrons. The smallest absolute Gasteiger partial charge is 0.272 e. The minimum atomic E-state index is -0.446. The van der Waals surface area contributed by atoms with Crippen molar-refractivity contribution in [2.45, 2.75) is 27.3 Å². The molecule has 0 fully saturated rings. The molecule has 0 aliphatic rings. The van der Waals surface area contributed by atoms with E-state index in [9.17, 15) is 19.3 Å². The number of aromatic nitrogens is 2. The van der Waals surface area contributed by atoms with E-state index in [1.54, 1.807) is 54.9 Å². The van der Waals surface area contributed by atoms with Gasteiger partial charge in [-0.2, -0.15) is 0 Å². The predicted molar refractivity (Wildman–Crippen MR) is 124 cm³/mol. The van der Waals surface area contributed by atoms with E-state index in [0.717, 1.165) is 5.52 Å². The summed E-state index contributed by atoms with van der Waals surface area (Å²) in [5.41, 5.74) is 1.84. The fourth-order valence-electron chi connectivity index (χ4n) is 2.95. The summed E-state index contributed by atoms with van der Waals surface area (Å²) in [4.78, 5) is 26.9. The number of nitro groups is 1. The van der Waals surface area contributed by atoms with Crippen molar-refractivity contribution >= 4 is 28.2 Å². The maximum Gasteiger partial charge on any atom is 0.272 e. The summed E-state index contributed by atoms with van der Waals surface area (Å²) in [7, 11) is 0. The summed E-state index contributed by atoms with van der Waals surface area (Å²) in [5.74, 6) is -0.457. The Labute approximate surface area is 185 Å². The highest BCUT2D eigenvalue weighted by atomic mass is 19.1. The lowest BCUT2D eigenvalue weighted by Gasteiger charge is -2.08. The topological polar surface area (TPSA) is 90.1 Å². The zero-order valence-electron chi connectivity index (χ0n) is 18.2. The molecule has 0 spiro atoms. The fourth-order valence-corrected chi connectivity index (χ4v) is 2.95. The van der Waals surface area contributed by atoms with Crippen molar-refractivity contribution in [3.8, 4) is 0 Å². The summed E-state index contributed by atoms with van der Waals surface area (Å²) in [6.45, 7) is 6.50. The average molecular weight is 436 g/mol. The Morgan fingerprint density at radius 1 is 1.09 bits per heavy atom.